The number of benzene rings is 1. The maximum absolute atomic E-state index is 11.7. The molecule has 0 amide bonds. The Morgan fingerprint density at radius 1 is 1.24 bits per heavy atom. The van der Waals surface area contributed by atoms with Crippen molar-refractivity contribution < 1.29 is 4.52 Å². The number of aromatic nitrogens is 4. The predicted octanol–water partition coefficient (Wildman–Crippen LogP) is 2.51. The van der Waals surface area contributed by atoms with Crippen molar-refractivity contribution in [1.29, 1.82) is 0 Å². The topological polar surface area (TPSA) is 87.9 Å². The van der Waals surface area contributed by atoms with Crippen LogP contribution in [0.5, 0.6) is 0 Å². The van der Waals surface area contributed by atoms with Gasteiger partial charge in [-0.1, -0.05) is 18.2 Å². The minimum Gasteiger partial charge on any atom is -0.338 e. The smallest absolute Gasteiger partial charge is 0.266 e. The van der Waals surface area contributed by atoms with Crippen molar-refractivity contribution in [2.45, 2.75) is 25.7 Å². The van der Waals surface area contributed by atoms with Crippen LogP contribution in [0.15, 0.2) is 45.7 Å². The lowest BCUT2D eigenvalue weighted by Crippen LogP contribution is -2.35. The molecule has 1 unspecified atom stereocenters. The molecule has 25 heavy (non-hydrogen) atoms. The Kier molecular flexibility index (Phi) is 4.05. The summed E-state index contributed by atoms with van der Waals surface area (Å²) in [6, 6.07) is 11.3. The number of anilines is 1. The maximum Gasteiger partial charge on any atom is 0.266 e. The number of nitrogens with one attached hydrogen (secondary N) is 1. The second-order valence-electron chi connectivity index (χ2n) is 6.31. The molecule has 2 aromatic heterocycles. The molecule has 1 saturated heterocycles. The third-order valence-corrected chi connectivity index (χ3v) is 4.44. The van der Waals surface area contributed by atoms with Crippen LogP contribution in [0.2, 0.25) is 0 Å². The molecule has 1 atom stereocenters. The third kappa shape index (κ3) is 3.31. The van der Waals surface area contributed by atoms with E-state index in [4.69, 9.17) is 4.52 Å². The van der Waals surface area contributed by atoms with E-state index in [1.165, 1.54) is 0 Å². The highest BCUT2D eigenvalue weighted by Crippen LogP contribution is 2.28. The van der Waals surface area contributed by atoms with Crippen molar-refractivity contribution in [3.63, 3.8) is 0 Å². The van der Waals surface area contributed by atoms with E-state index in [1.54, 1.807) is 13.0 Å². The van der Waals surface area contributed by atoms with Crippen molar-refractivity contribution in [2.75, 3.05) is 18.0 Å². The van der Waals surface area contributed by atoms with Crippen LogP contribution in [-0.4, -0.2) is 33.2 Å². The van der Waals surface area contributed by atoms with Crippen molar-refractivity contribution in [3.05, 3.63) is 58.3 Å². The number of nitrogens with zero attached hydrogens (tertiary/aromatic N) is 4. The van der Waals surface area contributed by atoms with Gasteiger partial charge in [0.1, 0.15) is 5.82 Å². The summed E-state index contributed by atoms with van der Waals surface area (Å²) in [5, 5.41) is 4.13. The fourth-order valence-corrected chi connectivity index (χ4v) is 3.25. The number of rotatable bonds is 3. The van der Waals surface area contributed by atoms with Gasteiger partial charge in [-0.05, 0) is 37.1 Å². The van der Waals surface area contributed by atoms with Gasteiger partial charge in [0, 0.05) is 30.6 Å². The van der Waals surface area contributed by atoms with Crippen LogP contribution >= 0.6 is 0 Å². The number of piperidine rings is 1. The van der Waals surface area contributed by atoms with Crippen LogP contribution < -0.4 is 10.5 Å². The number of H-pyrrole nitrogens is 1. The first-order valence-electron chi connectivity index (χ1n) is 8.41. The molecule has 128 valence electrons. The largest absolute Gasteiger partial charge is 0.338 e. The Bertz CT molecular complexity index is 918. The molecule has 1 aliphatic heterocycles. The second-order valence-corrected chi connectivity index (χ2v) is 6.31. The molecule has 7 nitrogen and oxygen atoms in total. The van der Waals surface area contributed by atoms with Gasteiger partial charge in [-0.2, -0.15) is 4.98 Å². The van der Waals surface area contributed by atoms with E-state index >= 15 is 0 Å². The van der Waals surface area contributed by atoms with E-state index in [0.29, 0.717) is 17.7 Å². The van der Waals surface area contributed by atoms with E-state index in [9.17, 15) is 4.79 Å². The zero-order valence-electron chi connectivity index (χ0n) is 14.0. The van der Waals surface area contributed by atoms with Gasteiger partial charge >= 0.3 is 0 Å². The van der Waals surface area contributed by atoms with E-state index < -0.39 is 0 Å². The van der Waals surface area contributed by atoms with Gasteiger partial charge in [0.2, 0.25) is 0 Å². The maximum atomic E-state index is 11.7. The molecule has 0 bridgehead atoms. The Morgan fingerprint density at radius 2 is 2.08 bits per heavy atom. The van der Waals surface area contributed by atoms with Gasteiger partial charge in [-0.3, -0.25) is 4.79 Å². The zero-order chi connectivity index (χ0) is 17.2. The molecule has 4 rings (SSSR count). The lowest BCUT2D eigenvalue weighted by atomic mass is 9.94. The predicted molar refractivity (Wildman–Crippen MR) is 93.5 cm³/mol. The summed E-state index contributed by atoms with van der Waals surface area (Å²) < 4.78 is 5.41. The quantitative estimate of drug-likeness (QED) is 0.790. The molecule has 7 heteroatoms. The third-order valence-electron chi connectivity index (χ3n) is 4.44. The minimum absolute atomic E-state index is 0.106. The summed E-state index contributed by atoms with van der Waals surface area (Å²) >= 11 is 0. The van der Waals surface area contributed by atoms with E-state index in [-0.39, 0.29) is 11.5 Å². The normalized spacial score (nSPS) is 17.6. The highest BCUT2D eigenvalue weighted by atomic mass is 16.5. The van der Waals surface area contributed by atoms with Crippen molar-refractivity contribution in [3.8, 4) is 11.5 Å². The first-order valence-corrected chi connectivity index (χ1v) is 8.41. The van der Waals surface area contributed by atoms with Gasteiger partial charge < -0.3 is 14.4 Å². The Balaban J connectivity index is 1.55. The van der Waals surface area contributed by atoms with Crippen LogP contribution in [0, 0.1) is 6.92 Å². The molecule has 0 spiro atoms. The van der Waals surface area contributed by atoms with E-state index in [0.717, 1.165) is 37.2 Å². The average Bonchev–Trinajstić information content (AvgIpc) is 3.12. The number of hydrogen-bond acceptors (Lipinski definition) is 6. The first-order chi connectivity index (χ1) is 12.2. The fraction of sp³-hybridized carbons (Fsp3) is 0.333. The van der Waals surface area contributed by atoms with Gasteiger partial charge in [0.25, 0.3) is 17.4 Å². The number of aromatic amines is 1. The molecule has 1 fully saturated rings. The monoisotopic (exact) mass is 337 g/mol. The summed E-state index contributed by atoms with van der Waals surface area (Å²) in [6.07, 6.45) is 1.99. The van der Waals surface area contributed by atoms with Gasteiger partial charge in [0.15, 0.2) is 0 Å². The highest BCUT2D eigenvalue weighted by Gasteiger charge is 2.26. The summed E-state index contributed by atoms with van der Waals surface area (Å²) in [4.78, 5) is 25.5. The molecule has 3 aromatic rings. The Labute approximate surface area is 144 Å². The number of hydrogen-bond donors (Lipinski definition) is 1. The molecular weight excluding hydrogens is 318 g/mol. The van der Waals surface area contributed by atoms with Crippen LogP contribution in [0.1, 0.15) is 30.3 Å². The Hall–Kier alpha value is -2.96. The second kappa shape index (κ2) is 6.51. The first kappa shape index (κ1) is 15.6. The van der Waals surface area contributed by atoms with Gasteiger partial charge in [-0.25, -0.2) is 4.98 Å². The van der Waals surface area contributed by atoms with Crippen LogP contribution in [0.25, 0.3) is 11.5 Å². The summed E-state index contributed by atoms with van der Waals surface area (Å²) in [7, 11) is 0. The van der Waals surface area contributed by atoms with Gasteiger partial charge in [-0.15, -0.1) is 0 Å². The standard InChI is InChI=1S/C18H19N5O2/c1-12-19-15(10-16(24)20-12)14-8-5-9-23(11-14)18-21-17(25-22-18)13-6-3-2-4-7-13/h2-4,6-7,10,14H,5,8-9,11H2,1H3,(H,19,20,24). The molecule has 3 heterocycles. The molecule has 1 aliphatic rings. The van der Waals surface area contributed by atoms with Crippen LogP contribution in [0.4, 0.5) is 5.95 Å². The lowest BCUT2D eigenvalue weighted by molar-refractivity contribution is 0.422. The van der Waals surface area contributed by atoms with E-state index in [1.807, 2.05) is 30.3 Å². The molecule has 0 saturated carbocycles. The molecule has 0 aliphatic carbocycles. The summed E-state index contributed by atoms with van der Waals surface area (Å²) in [5.74, 6) is 1.94. The van der Waals surface area contributed by atoms with Gasteiger partial charge in [0.05, 0.1) is 5.69 Å². The van der Waals surface area contributed by atoms with E-state index in [2.05, 4.69) is 25.0 Å². The van der Waals surface area contributed by atoms with Crippen molar-refractivity contribution in [2.24, 2.45) is 0 Å². The Morgan fingerprint density at radius 3 is 2.88 bits per heavy atom. The van der Waals surface area contributed by atoms with Crippen LogP contribution in [0.3, 0.4) is 0 Å². The average molecular weight is 337 g/mol. The highest BCUT2D eigenvalue weighted by molar-refractivity contribution is 5.54. The molecule has 0 radical (unpaired) electrons. The summed E-state index contributed by atoms with van der Waals surface area (Å²) in [5.41, 5.74) is 1.63. The SMILES string of the molecule is Cc1nc(C2CCCN(c3noc(-c4ccccc4)n3)C2)cc(=O)[nH]1. The zero-order valence-corrected chi connectivity index (χ0v) is 14.0. The fourth-order valence-electron chi connectivity index (χ4n) is 3.25. The molecule has 1 aromatic carbocycles. The summed E-state index contributed by atoms with van der Waals surface area (Å²) in [6.45, 7) is 3.40. The minimum atomic E-state index is -0.106. The lowest BCUT2D eigenvalue weighted by Gasteiger charge is -2.31. The molecule has 1 N–H and O–H groups in total. The van der Waals surface area contributed by atoms with Crippen molar-refractivity contribution >= 4 is 5.95 Å². The number of aryl methyl sites for hydroxylation is 1. The van der Waals surface area contributed by atoms with Crippen molar-refractivity contribution in [1.82, 2.24) is 20.1 Å². The van der Waals surface area contributed by atoms with Crippen LogP contribution in [-0.2, 0) is 0 Å². The molecular formula is C18H19N5O2.